The molecule has 0 N–H and O–H groups in total. The summed E-state index contributed by atoms with van der Waals surface area (Å²) < 4.78 is 67.9. The van der Waals surface area contributed by atoms with Gasteiger partial charge in [-0.05, 0) is 97.6 Å². The average Bonchev–Trinajstić information content (AvgIpc) is 2.72. The molecule has 4 unspecified atom stereocenters. The Morgan fingerprint density at radius 1 is 0.833 bits per heavy atom. The van der Waals surface area contributed by atoms with Gasteiger partial charge in [-0.25, -0.2) is 8.78 Å². The monoisotopic (exact) mass is 420 g/mol. The van der Waals surface area contributed by atoms with Gasteiger partial charge in [0, 0.05) is 0 Å². The highest BCUT2D eigenvalue weighted by Crippen LogP contribution is 2.48. The molecule has 5 heteroatoms. The number of halogens is 5. The van der Waals surface area contributed by atoms with Crippen molar-refractivity contribution >= 4 is 0 Å². The minimum Gasteiger partial charge on any atom is -0.206 e. The third-order valence-corrected chi connectivity index (χ3v) is 7.02. The second-order valence-electron chi connectivity index (χ2n) is 8.77. The molecule has 0 saturated heterocycles. The van der Waals surface area contributed by atoms with E-state index in [9.17, 15) is 22.0 Å². The van der Waals surface area contributed by atoms with Crippen LogP contribution in [0.15, 0.2) is 49.1 Å². The Kier molecular flexibility index (Phi) is 5.73. The van der Waals surface area contributed by atoms with Gasteiger partial charge in [0.25, 0.3) is 0 Å². The van der Waals surface area contributed by atoms with E-state index in [2.05, 4.69) is 6.58 Å². The van der Waals surface area contributed by atoms with Gasteiger partial charge in [0.05, 0.1) is 11.1 Å². The molecule has 2 saturated carbocycles. The van der Waals surface area contributed by atoms with Crippen LogP contribution in [0.5, 0.6) is 0 Å². The van der Waals surface area contributed by atoms with Crippen molar-refractivity contribution in [3.63, 3.8) is 0 Å². The Morgan fingerprint density at radius 3 is 2.03 bits per heavy atom. The normalized spacial score (nSPS) is 26.8. The van der Waals surface area contributed by atoms with E-state index in [-0.39, 0.29) is 17.0 Å². The van der Waals surface area contributed by atoms with Crippen LogP contribution in [-0.2, 0) is 6.18 Å². The van der Waals surface area contributed by atoms with Gasteiger partial charge in [-0.2, -0.15) is 13.2 Å². The van der Waals surface area contributed by atoms with Gasteiger partial charge in [-0.15, -0.1) is 6.58 Å². The van der Waals surface area contributed by atoms with Crippen LogP contribution >= 0.6 is 0 Å². The molecule has 2 aliphatic rings. The van der Waals surface area contributed by atoms with Crippen molar-refractivity contribution in [2.24, 2.45) is 17.8 Å². The lowest BCUT2D eigenvalue weighted by molar-refractivity contribution is -0.137. The molecule has 2 aromatic rings. The summed E-state index contributed by atoms with van der Waals surface area (Å²) in [5.74, 6) is 0.516. The van der Waals surface area contributed by atoms with Crippen LogP contribution in [0.2, 0.25) is 0 Å². The highest BCUT2D eigenvalue weighted by molar-refractivity contribution is 5.66. The summed E-state index contributed by atoms with van der Waals surface area (Å²) in [6.07, 6.45) is 3.90. The largest absolute Gasteiger partial charge is 0.416 e. The molecular weight excluding hydrogens is 395 g/mol. The number of fused-ring (bicyclic) bond motifs is 1. The summed E-state index contributed by atoms with van der Waals surface area (Å²) in [6, 6.07) is 6.68. The van der Waals surface area contributed by atoms with Gasteiger partial charge in [0.1, 0.15) is 11.6 Å². The Labute approximate surface area is 173 Å². The van der Waals surface area contributed by atoms with Crippen LogP contribution in [0.3, 0.4) is 0 Å². The zero-order valence-corrected chi connectivity index (χ0v) is 16.7. The van der Waals surface area contributed by atoms with E-state index >= 15 is 0 Å². The Morgan fingerprint density at radius 2 is 1.43 bits per heavy atom. The number of alkyl halides is 3. The second kappa shape index (κ2) is 8.16. The standard InChI is InChI=1S/C25H25F5/c1-2-15-3-4-18-12-19(6-5-17(18)11-15)20-13-22(26)24(23(27)14-20)16-7-9-21(10-8-16)25(28,29)30/h2,7-10,13-15,17-19H,1,3-6,11-12H2. The van der Waals surface area contributed by atoms with Crippen LogP contribution in [0.25, 0.3) is 11.1 Å². The lowest BCUT2D eigenvalue weighted by Crippen LogP contribution is -2.30. The predicted octanol–water partition coefficient (Wildman–Crippen LogP) is 8.14. The van der Waals surface area contributed by atoms with Crippen LogP contribution in [0.4, 0.5) is 22.0 Å². The molecule has 0 radical (unpaired) electrons. The molecule has 4 atom stereocenters. The SMILES string of the molecule is C=CC1CCC2CC(c3cc(F)c(-c4ccc(C(F)(F)F)cc4)c(F)c3)CCC2C1. The summed E-state index contributed by atoms with van der Waals surface area (Å²) in [6.45, 7) is 3.91. The van der Waals surface area contributed by atoms with Gasteiger partial charge in [0.15, 0.2) is 0 Å². The van der Waals surface area contributed by atoms with Crippen molar-refractivity contribution in [3.8, 4) is 11.1 Å². The number of hydrogen-bond acceptors (Lipinski definition) is 0. The van der Waals surface area contributed by atoms with Crippen molar-refractivity contribution in [3.05, 3.63) is 71.8 Å². The van der Waals surface area contributed by atoms with E-state index in [1.807, 2.05) is 6.08 Å². The molecule has 0 spiro atoms. The third-order valence-electron chi connectivity index (χ3n) is 7.02. The average molecular weight is 420 g/mol. The van der Waals surface area contributed by atoms with Gasteiger partial charge in [0.2, 0.25) is 0 Å². The van der Waals surface area contributed by atoms with E-state index in [0.29, 0.717) is 23.3 Å². The first-order valence-corrected chi connectivity index (χ1v) is 10.6. The fourth-order valence-corrected chi connectivity index (χ4v) is 5.37. The molecule has 4 rings (SSSR count). The van der Waals surface area contributed by atoms with E-state index < -0.39 is 23.4 Å². The van der Waals surface area contributed by atoms with Gasteiger partial charge in [-0.3, -0.25) is 0 Å². The quantitative estimate of drug-likeness (QED) is 0.347. The van der Waals surface area contributed by atoms with Crippen LogP contribution in [0.1, 0.15) is 55.6 Å². The van der Waals surface area contributed by atoms with Crippen molar-refractivity contribution in [2.75, 3.05) is 0 Å². The number of allylic oxidation sites excluding steroid dienone is 1. The molecule has 0 heterocycles. The zero-order chi connectivity index (χ0) is 21.5. The molecular formula is C25H25F5. The fourth-order valence-electron chi connectivity index (χ4n) is 5.37. The van der Waals surface area contributed by atoms with E-state index in [1.165, 1.54) is 12.1 Å². The van der Waals surface area contributed by atoms with Crippen molar-refractivity contribution < 1.29 is 22.0 Å². The lowest BCUT2D eigenvalue weighted by atomic mass is 9.64. The minimum absolute atomic E-state index is 0.107. The summed E-state index contributed by atoms with van der Waals surface area (Å²) in [7, 11) is 0. The smallest absolute Gasteiger partial charge is 0.206 e. The first-order chi connectivity index (χ1) is 14.3. The molecule has 0 aliphatic heterocycles. The van der Waals surface area contributed by atoms with Gasteiger partial charge in [-0.1, -0.05) is 18.2 Å². The number of hydrogen-bond donors (Lipinski definition) is 0. The Bertz CT molecular complexity index is 889. The first kappa shape index (κ1) is 21.1. The van der Waals surface area contributed by atoms with Crippen molar-refractivity contribution in [1.29, 1.82) is 0 Å². The van der Waals surface area contributed by atoms with E-state index in [0.717, 1.165) is 62.8 Å². The molecule has 0 aromatic heterocycles. The maximum atomic E-state index is 14.8. The zero-order valence-electron chi connectivity index (χ0n) is 16.7. The highest BCUT2D eigenvalue weighted by atomic mass is 19.4. The molecule has 0 bridgehead atoms. The van der Waals surface area contributed by atoms with Crippen molar-refractivity contribution in [2.45, 2.75) is 50.6 Å². The molecule has 0 amide bonds. The lowest BCUT2D eigenvalue weighted by Gasteiger charge is -2.41. The van der Waals surface area contributed by atoms with E-state index in [1.54, 1.807) is 0 Å². The predicted molar refractivity (Wildman–Crippen MR) is 108 cm³/mol. The summed E-state index contributed by atoms with van der Waals surface area (Å²) in [4.78, 5) is 0. The first-order valence-electron chi connectivity index (χ1n) is 10.6. The van der Waals surface area contributed by atoms with Crippen LogP contribution in [0, 0.1) is 29.4 Å². The second-order valence-corrected chi connectivity index (χ2v) is 8.77. The summed E-state index contributed by atoms with van der Waals surface area (Å²) >= 11 is 0. The van der Waals surface area contributed by atoms with Gasteiger partial charge >= 0.3 is 6.18 Å². The molecule has 30 heavy (non-hydrogen) atoms. The maximum Gasteiger partial charge on any atom is 0.416 e. The molecule has 2 fully saturated rings. The topological polar surface area (TPSA) is 0 Å². The van der Waals surface area contributed by atoms with Crippen LogP contribution < -0.4 is 0 Å². The van der Waals surface area contributed by atoms with Crippen LogP contribution in [-0.4, -0.2) is 0 Å². The molecule has 0 nitrogen and oxygen atoms in total. The Hall–Kier alpha value is -2.17. The number of benzene rings is 2. The summed E-state index contributed by atoms with van der Waals surface area (Å²) in [5, 5.41) is 0. The number of rotatable bonds is 3. The maximum absolute atomic E-state index is 14.8. The molecule has 2 aliphatic carbocycles. The molecule has 160 valence electrons. The summed E-state index contributed by atoms with van der Waals surface area (Å²) in [5.41, 5.74) is -0.347. The van der Waals surface area contributed by atoms with Crippen molar-refractivity contribution in [1.82, 2.24) is 0 Å². The minimum atomic E-state index is -4.48. The highest BCUT2D eigenvalue weighted by Gasteiger charge is 2.36. The third kappa shape index (κ3) is 4.17. The fraction of sp³-hybridized carbons (Fsp3) is 0.440. The van der Waals surface area contributed by atoms with E-state index in [4.69, 9.17) is 0 Å². The molecule has 2 aromatic carbocycles. The Balaban J connectivity index is 1.54. The van der Waals surface area contributed by atoms with Gasteiger partial charge < -0.3 is 0 Å².